The van der Waals surface area contributed by atoms with Crippen LogP contribution in [0.1, 0.15) is 0 Å². The first-order valence-electron chi connectivity index (χ1n) is 20.3. The van der Waals surface area contributed by atoms with Gasteiger partial charge in [0.2, 0.25) is 0 Å². The minimum Gasteiger partial charge on any atom is -0.456 e. The number of aromatic nitrogens is 4. The van der Waals surface area contributed by atoms with E-state index in [2.05, 4.69) is 168 Å². The summed E-state index contributed by atoms with van der Waals surface area (Å²) in [5.74, 6) is 1.84. The molecule has 0 radical (unpaired) electrons. The van der Waals surface area contributed by atoms with Gasteiger partial charge in [-0.3, -0.25) is 0 Å². The van der Waals surface area contributed by atoms with Gasteiger partial charge >= 0.3 is 0 Å². The van der Waals surface area contributed by atoms with E-state index in [0.29, 0.717) is 17.5 Å². The van der Waals surface area contributed by atoms with Crippen LogP contribution in [0, 0.1) is 0 Å². The van der Waals surface area contributed by atoms with E-state index in [1.54, 1.807) is 0 Å². The molecule has 10 aromatic carbocycles. The first kappa shape index (κ1) is 32.9. The van der Waals surface area contributed by atoms with Crippen molar-refractivity contribution in [3.05, 3.63) is 194 Å². The van der Waals surface area contributed by atoms with Crippen LogP contribution >= 0.6 is 0 Å². The molecule has 0 amide bonds. The molecule has 0 fully saturated rings. The molecule has 278 valence electrons. The summed E-state index contributed by atoms with van der Waals surface area (Å²) < 4.78 is 9.04. The van der Waals surface area contributed by atoms with E-state index in [1.807, 2.05) is 30.3 Å². The van der Waals surface area contributed by atoms with Crippen LogP contribution in [0.3, 0.4) is 0 Å². The Hall–Kier alpha value is -8.15. The smallest absolute Gasteiger partial charge is 0.164 e. The number of nitrogens with zero attached hydrogens (tertiary/aromatic N) is 4. The molecule has 3 heterocycles. The van der Waals surface area contributed by atoms with Crippen LogP contribution in [0.15, 0.2) is 199 Å². The van der Waals surface area contributed by atoms with Crippen molar-refractivity contribution in [2.75, 3.05) is 0 Å². The lowest BCUT2D eigenvalue weighted by Crippen LogP contribution is -2.00. The number of hydrogen-bond donors (Lipinski definition) is 0. The molecular formula is C55H32N4O. The SMILES string of the molecule is c1ccc(-c2nc(-c3ccc4c(c3)oc3ccc5cc(-n6c7ccccc7c7cc8ccccc8cc76)ccc5c34)nc(-c3cc4ccccc4c4ccccc34)n2)cc1. The number of rotatable bonds is 4. The fourth-order valence-electron chi connectivity index (χ4n) is 9.38. The first-order chi connectivity index (χ1) is 29.7. The molecule has 0 aliphatic carbocycles. The van der Waals surface area contributed by atoms with Crippen LogP contribution in [0.5, 0.6) is 0 Å². The van der Waals surface area contributed by atoms with Gasteiger partial charge in [0.25, 0.3) is 0 Å². The highest BCUT2D eigenvalue weighted by Gasteiger charge is 2.19. The monoisotopic (exact) mass is 764 g/mol. The summed E-state index contributed by atoms with van der Waals surface area (Å²) >= 11 is 0. The van der Waals surface area contributed by atoms with E-state index < -0.39 is 0 Å². The van der Waals surface area contributed by atoms with Gasteiger partial charge in [-0.25, -0.2) is 15.0 Å². The Morgan fingerprint density at radius 1 is 0.333 bits per heavy atom. The number of furan rings is 1. The Morgan fingerprint density at radius 3 is 1.83 bits per heavy atom. The van der Waals surface area contributed by atoms with Gasteiger partial charge in [0.05, 0.1) is 11.0 Å². The van der Waals surface area contributed by atoms with Crippen molar-refractivity contribution in [2.24, 2.45) is 0 Å². The summed E-state index contributed by atoms with van der Waals surface area (Å²) in [6.07, 6.45) is 0. The van der Waals surface area contributed by atoms with Gasteiger partial charge in [-0.2, -0.15) is 0 Å². The van der Waals surface area contributed by atoms with Gasteiger partial charge in [-0.05, 0) is 97.7 Å². The minimum atomic E-state index is 0.590. The van der Waals surface area contributed by atoms with Gasteiger partial charge < -0.3 is 8.98 Å². The molecule has 0 N–H and O–H groups in total. The Kier molecular flexibility index (Phi) is 6.95. The summed E-state index contributed by atoms with van der Waals surface area (Å²) in [4.78, 5) is 15.4. The van der Waals surface area contributed by atoms with Crippen LogP contribution < -0.4 is 0 Å². The third-order valence-electron chi connectivity index (χ3n) is 12.2. The zero-order valence-electron chi connectivity index (χ0n) is 32.2. The Balaban J connectivity index is 0.970. The van der Waals surface area contributed by atoms with Crippen LogP contribution in [0.4, 0.5) is 0 Å². The summed E-state index contributed by atoms with van der Waals surface area (Å²) in [5.41, 5.74) is 7.89. The molecule has 0 unspecified atom stereocenters. The van der Waals surface area contributed by atoms with E-state index >= 15 is 0 Å². The van der Waals surface area contributed by atoms with Crippen molar-refractivity contribution in [2.45, 2.75) is 0 Å². The Morgan fingerprint density at radius 2 is 0.983 bits per heavy atom. The van der Waals surface area contributed by atoms with E-state index in [0.717, 1.165) is 65.9 Å². The maximum absolute atomic E-state index is 6.64. The largest absolute Gasteiger partial charge is 0.456 e. The number of hydrogen-bond acceptors (Lipinski definition) is 4. The summed E-state index contributed by atoms with van der Waals surface area (Å²) in [6.45, 7) is 0. The topological polar surface area (TPSA) is 56.7 Å². The maximum Gasteiger partial charge on any atom is 0.164 e. The van der Waals surface area contributed by atoms with Crippen molar-refractivity contribution in [3.8, 4) is 39.9 Å². The highest BCUT2D eigenvalue weighted by atomic mass is 16.3. The highest BCUT2D eigenvalue weighted by Crippen LogP contribution is 2.40. The molecule has 5 heteroatoms. The molecule has 13 aromatic rings. The molecule has 13 rings (SSSR count). The predicted octanol–water partition coefficient (Wildman–Crippen LogP) is 14.5. The quantitative estimate of drug-likeness (QED) is 0.167. The van der Waals surface area contributed by atoms with Crippen molar-refractivity contribution < 1.29 is 4.42 Å². The Labute approximate surface area is 343 Å². The molecule has 0 atom stereocenters. The fraction of sp³-hybridized carbons (Fsp3) is 0. The van der Waals surface area contributed by atoms with Gasteiger partial charge in [0, 0.05) is 43.9 Å². The third kappa shape index (κ3) is 4.96. The van der Waals surface area contributed by atoms with Crippen LogP contribution in [-0.2, 0) is 0 Å². The van der Waals surface area contributed by atoms with Crippen molar-refractivity contribution >= 4 is 86.8 Å². The minimum absolute atomic E-state index is 0.590. The van der Waals surface area contributed by atoms with Gasteiger partial charge in [0.15, 0.2) is 17.5 Å². The zero-order valence-corrected chi connectivity index (χ0v) is 32.2. The van der Waals surface area contributed by atoms with E-state index in [1.165, 1.54) is 43.4 Å². The van der Waals surface area contributed by atoms with Crippen LogP contribution in [0.25, 0.3) is 127 Å². The summed E-state index contributed by atoms with van der Waals surface area (Å²) in [7, 11) is 0. The molecule has 0 saturated carbocycles. The maximum atomic E-state index is 6.64. The molecule has 0 aliphatic heterocycles. The molecule has 0 bridgehead atoms. The zero-order chi connectivity index (χ0) is 39.3. The second-order valence-electron chi connectivity index (χ2n) is 15.6. The van der Waals surface area contributed by atoms with Crippen molar-refractivity contribution in [3.63, 3.8) is 0 Å². The van der Waals surface area contributed by atoms with E-state index in [-0.39, 0.29) is 0 Å². The fourth-order valence-corrected chi connectivity index (χ4v) is 9.38. The van der Waals surface area contributed by atoms with E-state index in [9.17, 15) is 0 Å². The van der Waals surface area contributed by atoms with Crippen LogP contribution in [0.2, 0.25) is 0 Å². The van der Waals surface area contributed by atoms with Gasteiger partial charge in [0.1, 0.15) is 11.2 Å². The molecule has 0 aliphatic rings. The standard InChI is InChI=1S/C55H32N4O/c1-2-12-33(13-3-1)53-56-54(58-55(57-53)47-30-36-16-6-7-17-40(36)42-18-8-9-19-43(42)47)38-22-25-45-51(32-38)60-50-27-23-37-28-39(24-26-41(37)52(45)50)59-48-21-11-10-20-44(48)46-29-34-14-4-5-15-35(34)31-49(46)59/h1-32H. The molecule has 0 saturated heterocycles. The lowest BCUT2D eigenvalue weighted by molar-refractivity contribution is 0.669. The van der Waals surface area contributed by atoms with E-state index in [4.69, 9.17) is 19.4 Å². The molecule has 5 nitrogen and oxygen atoms in total. The molecule has 3 aromatic heterocycles. The first-order valence-corrected chi connectivity index (χ1v) is 20.3. The molecule has 0 spiro atoms. The third-order valence-corrected chi connectivity index (χ3v) is 12.2. The van der Waals surface area contributed by atoms with Crippen molar-refractivity contribution in [1.82, 2.24) is 19.5 Å². The number of para-hydroxylation sites is 1. The average molecular weight is 765 g/mol. The summed E-state index contributed by atoms with van der Waals surface area (Å²) in [5, 5.41) is 14.0. The van der Waals surface area contributed by atoms with Crippen LogP contribution in [-0.4, -0.2) is 19.5 Å². The van der Waals surface area contributed by atoms with Gasteiger partial charge in [-0.1, -0.05) is 140 Å². The summed E-state index contributed by atoms with van der Waals surface area (Å²) in [6, 6.07) is 68.7. The highest BCUT2D eigenvalue weighted by molar-refractivity contribution is 6.20. The number of benzene rings is 10. The second kappa shape index (κ2) is 12.7. The number of fused-ring (bicyclic) bond motifs is 12. The Bertz CT molecular complexity index is 3900. The van der Waals surface area contributed by atoms with Crippen molar-refractivity contribution in [1.29, 1.82) is 0 Å². The normalized spacial score (nSPS) is 12.0. The lowest BCUT2D eigenvalue weighted by atomic mass is 9.97. The molecule has 60 heavy (non-hydrogen) atoms. The predicted molar refractivity (Wildman–Crippen MR) is 248 cm³/mol. The molecular weight excluding hydrogens is 733 g/mol. The lowest BCUT2D eigenvalue weighted by Gasteiger charge is -2.12. The van der Waals surface area contributed by atoms with Gasteiger partial charge in [-0.15, -0.1) is 0 Å². The second-order valence-corrected chi connectivity index (χ2v) is 15.6. The average Bonchev–Trinajstić information content (AvgIpc) is 3.85.